The summed E-state index contributed by atoms with van der Waals surface area (Å²) in [6.45, 7) is 8.32. The van der Waals surface area contributed by atoms with Crippen LogP contribution < -0.4 is 31.7 Å². The number of nitrogens with two attached hydrogens (primary N) is 1. The Bertz CT molecular complexity index is 1060. The number of carbonyl (C=O) groups excluding carboxylic acids is 4. The normalized spacial score (nSPS) is 23.2. The Balaban J connectivity index is 1.67. The average molecular weight is 573 g/mol. The summed E-state index contributed by atoms with van der Waals surface area (Å²) in [6.07, 6.45) is 4.34. The van der Waals surface area contributed by atoms with E-state index in [-0.39, 0.29) is 41.3 Å². The maximum absolute atomic E-state index is 14.0. The highest BCUT2D eigenvalue weighted by Crippen LogP contribution is 2.35. The lowest BCUT2D eigenvalue weighted by atomic mass is 9.90. The Morgan fingerprint density at radius 2 is 1.73 bits per heavy atom. The van der Waals surface area contributed by atoms with E-state index >= 15 is 0 Å². The molecule has 11 heteroatoms. The van der Waals surface area contributed by atoms with Crippen molar-refractivity contribution in [3.05, 3.63) is 29.8 Å². The smallest absolute Gasteiger partial charge is 0.315 e. The van der Waals surface area contributed by atoms with Gasteiger partial charge in [-0.05, 0) is 89.3 Å². The Kier molecular flexibility index (Phi) is 11.4. The van der Waals surface area contributed by atoms with Crippen molar-refractivity contribution >= 4 is 23.8 Å². The lowest BCUT2D eigenvalue weighted by molar-refractivity contribution is -0.143. The van der Waals surface area contributed by atoms with Gasteiger partial charge in [0.1, 0.15) is 17.8 Å². The first kappa shape index (κ1) is 32.2. The van der Waals surface area contributed by atoms with Crippen LogP contribution in [0.15, 0.2) is 24.3 Å². The fraction of sp³-hybridized carbons (Fsp3) is 0.667. The molecule has 2 saturated heterocycles. The summed E-state index contributed by atoms with van der Waals surface area (Å²) in [5.74, 6) is -0.231. The summed E-state index contributed by atoms with van der Waals surface area (Å²) in [4.78, 5) is 54.1. The molecule has 2 heterocycles. The number of benzene rings is 1. The second-order valence-electron chi connectivity index (χ2n) is 12.1. The van der Waals surface area contributed by atoms with E-state index < -0.39 is 18.1 Å². The van der Waals surface area contributed by atoms with Crippen molar-refractivity contribution < 1.29 is 23.9 Å². The largest absolute Gasteiger partial charge is 0.497 e. The second kappa shape index (κ2) is 14.5. The molecule has 11 nitrogen and oxygen atoms in total. The van der Waals surface area contributed by atoms with Crippen molar-refractivity contribution in [2.75, 3.05) is 20.2 Å². The first-order valence-corrected chi connectivity index (χ1v) is 14.8. The highest BCUT2D eigenvalue weighted by Gasteiger charge is 2.47. The van der Waals surface area contributed by atoms with Gasteiger partial charge < -0.3 is 36.6 Å². The molecule has 41 heavy (non-hydrogen) atoms. The van der Waals surface area contributed by atoms with Crippen molar-refractivity contribution in [2.24, 2.45) is 11.7 Å². The van der Waals surface area contributed by atoms with E-state index in [0.717, 1.165) is 24.2 Å². The molecule has 5 amide bonds. The third-order valence-corrected chi connectivity index (χ3v) is 7.90. The summed E-state index contributed by atoms with van der Waals surface area (Å²) < 4.78 is 5.20. The van der Waals surface area contributed by atoms with E-state index in [1.165, 1.54) is 0 Å². The first-order valence-electron chi connectivity index (χ1n) is 14.8. The number of carbonyl (C=O) groups is 4. The molecular weight excluding hydrogens is 524 g/mol. The monoisotopic (exact) mass is 572 g/mol. The molecule has 0 bridgehead atoms. The number of fused-ring (bicyclic) bond motifs is 1. The summed E-state index contributed by atoms with van der Waals surface area (Å²) in [7, 11) is 1.62. The maximum atomic E-state index is 14.0. The van der Waals surface area contributed by atoms with Crippen molar-refractivity contribution in [2.45, 2.75) is 102 Å². The molecular formula is C30H48N6O5. The van der Waals surface area contributed by atoms with Gasteiger partial charge in [0, 0.05) is 24.7 Å². The molecule has 2 aliphatic rings. The average Bonchev–Trinajstić information content (AvgIpc) is 3.31. The minimum atomic E-state index is -0.815. The number of urea groups is 1. The number of ether oxygens (including phenoxy) is 1. The summed E-state index contributed by atoms with van der Waals surface area (Å²) in [5.41, 5.74) is 6.69. The van der Waals surface area contributed by atoms with Crippen LogP contribution in [0.4, 0.5) is 4.79 Å². The van der Waals surface area contributed by atoms with E-state index in [0.29, 0.717) is 45.2 Å². The topological polar surface area (TPSA) is 155 Å². The van der Waals surface area contributed by atoms with Gasteiger partial charge in [0.15, 0.2) is 0 Å². The summed E-state index contributed by atoms with van der Waals surface area (Å²) >= 11 is 0. The number of hydrogen-bond acceptors (Lipinski definition) is 6. The van der Waals surface area contributed by atoms with Crippen LogP contribution in [0.25, 0.3) is 0 Å². The molecule has 6 N–H and O–H groups in total. The number of nitrogens with one attached hydrogen (secondary N) is 4. The molecule has 0 saturated carbocycles. The number of rotatable bonds is 11. The van der Waals surface area contributed by atoms with Crippen molar-refractivity contribution in [1.82, 2.24) is 26.2 Å². The van der Waals surface area contributed by atoms with Crippen LogP contribution in [-0.4, -0.2) is 78.6 Å². The molecule has 2 aliphatic heterocycles. The van der Waals surface area contributed by atoms with Crippen molar-refractivity contribution in [3.8, 4) is 5.75 Å². The molecule has 1 unspecified atom stereocenters. The molecule has 0 radical (unpaired) electrons. The van der Waals surface area contributed by atoms with Gasteiger partial charge in [-0.2, -0.15) is 0 Å². The van der Waals surface area contributed by atoms with Crippen LogP contribution in [0.5, 0.6) is 5.75 Å². The number of nitrogens with zero attached hydrogens (tertiary/aromatic N) is 1. The number of hydrogen-bond donors (Lipinski definition) is 5. The highest BCUT2D eigenvalue weighted by atomic mass is 16.5. The van der Waals surface area contributed by atoms with Crippen LogP contribution in [0.3, 0.4) is 0 Å². The molecule has 0 aromatic heterocycles. The molecule has 0 spiro atoms. The molecule has 1 aromatic rings. The second-order valence-corrected chi connectivity index (χ2v) is 12.1. The molecule has 3 rings (SSSR count). The van der Waals surface area contributed by atoms with Crippen molar-refractivity contribution in [1.29, 1.82) is 0 Å². The third kappa shape index (κ3) is 9.08. The lowest BCUT2D eigenvalue weighted by Crippen LogP contribution is -2.58. The summed E-state index contributed by atoms with van der Waals surface area (Å²) in [5, 5.41) is 11.6. The van der Waals surface area contributed by atoms with Crippen LogP contribution in [-0.2, 0) is 20.8 Å². The van der Waals surface area contributed by atoms with Gasteiger partial charge in [-0.15, -0.1) is 0 Å². The SMILES string of the molecule is CC[C@H](N)C(=O)N[C@@H]1C(=O)N2[C@@H](CCC1CCNC(=O)NC(C)(C)C)CC[C@H]2C(=O)NCCc1ccc(OC)cc1. The van der Waals surface area contributed by atoms with Crippen LogP contribution in [0.1, 0.15) is 71.8 Å². The predicted molar refractivity (Wildman–Crippen MR) is 157 cm³/mol. The first-order chi connectivity index (χ1) is 19.4. The standard InChI is InChI=1S/C30H48N6O5/c1-6-23(31)26(37)34-25-20(16-18-33-29(40)35-30(2,3)4)9-10-21-11-14-24(36(21)28(25)39)27(38)32-17-15-19-7-12-22(41-5)13-8-19/h7-8,12-13,20-21,23-25H,6,9-11,14-18,31H2,1-5H3,(H,32,38)(H,34,37)(H2,33,35,40)/t20?,21-,23-,24-,25-/m0/s1. The molecule has 228 valence electrons. The van der Waals surface area contributed by atoms with Gasteiger partial charge in [-0.25, -0.2) is 4.79 Å². The van der Waals surface area contributed by atoms with Gasteiger partial charge in [-0.1, -0.05) is 19.1 Å². The zero-order chi connectivity index (χ0) is 30.2. The Labute approximate surface area is 243 Å². The van der Waals surface area contributed by atoms with Gasteiger partial charge in [0.05, 0.1) is 13.2 Å². The summed E-state index contributed by atoms with van der Waals surface area (Å²) in [6, 6.07) is 5.22. The van der Waals surface area contributed by atoms with Gasteiger partial charge >= 0.3 is 6.03 Å². The van der Waals surface area contributed by atoms with Gasteiger partial charge in [0.25, 0.3) is 0 Å². The minimum absolute atomic E-state index is 0.0683. The van der Waals surface area contributed by atoms with Crippen LogP contribution in [0, 0.1) is 5.92 Å². The minimum Gasteiger partial charge on any atom is -0.497 e. The Hall–Kier alpha value is -3.34. The van der Waals surface area contributed by atoms with E-state index in [9.17, 15) is 19.2 Å². The van der Waals surface area contributed by atoms with Gasteiger partial charge in [-0.3, -0.25) is 14.4 Å². The van der Waals surface area contributed by atoms with E-state index in [1.807, 2.05) is 52.0 Å². The van der Waals surface area contributed by atoms with Crippen LogP contribution in [0.2, 0.25) is 0 Å². The highest BCUT2D eigenvalue weighted by molar-refractivity contribution is 5.94. The quantitative estimate of drug-likeness (QED) is 0.273. The third-order valence-electron chi connectivity index (χ3n) is 7.90. The Morgan fingerprint density at radius 3 is 2.37 bits per heavy atom. The van der Waals surface area contributed by atoms with Gasteiger partial charge in [0.2, 0.25) is 17.7 Å². The zero-order valence-electron chi connectivity index (χ0n) is 25.1. The molecule has 5 atom stereocenters. The zero-order valence-corrected chi connectivity index (χ0v) is 25.1. The fourth-order valence-electron chi connectivity index (χ4n) is 5.62. The number of methoxy groups -OCH3 is 1. The maximum Gasteiger partial charge on any atom is 0.315 e. The molecule has 2 fully saturated rings. The lowest BCUT2D eigenvalue weighted by Gasteiger charge is -2.32. The molecule has 1 aromatic carbocycles. The fourth-order valence-corrected chi connectivity index (χ4v) is 5.62. The van der Waals surface area contributed by atoms with E-state index in [1.54, 1.807) is 12.0 Å². The van der Waals surface area contributed by atoms with Crippen molar-refractivity contribution in [3.63, 3.8) is 0 Å². The predicted octanol–water partition coefficient (Wildman–Crippen LogP) is 1.83. The Morgan fingerprint density at radius 1 is 1.05 bits per heavy atom. The van der Waals surface area contributed by atoms with E-state index in [2.05, 4.69) is 21.3 Å². The van der Waals surface area contributed by atoms with Crippen LogP contribution >= 0.6 is 0 Å². The van der Waals surface area contributed by atoms with E-state index in [4.69, 9.17) is 10.5 Å². The molecule has 0 aliphatic carbocycles. The number of amides is 5.